The molecular weight excluding hydrogens is 339 g/mol. The van der Waals surface area contributed by atoms with E-state index in [1.807, 2.05) is 24.3 Å². The summed E-state index contributed by atoms with van der Waals surface area (Å²) in [6, 6.07) is 13.8. The molecule has 0 radical (unpaired) electrons. The number of hydrogen-bond acceptors (Lipinski definition) is 7. The van der Waals surface area contributed by atoms with Gasteiger partial charge in [0, 0.05) is 5.69 Å². The van der Waals surface area contributed by atoms with Gasteiger partial charge in [-0.2, -0.15) is 0 Å². The van der Waals surface area contributed by atoms with Crippen LogP contribution in [0, 0.1) is 5.82 Å². The number of aromatic nitrogens is 3. The monoisotopic (exact) mass is 352 g/mol. The van der Waals surface area contributed by atoms with Gasteiger partial charge < -0.3 is 16.4 Å². The van der Waals surface area contributed by atoms with Crippen molar-refractivity contribution in [2.45, 2.75) is 0 Å². The fourth-order valence-corrected chi connectivity index (χ4v) is 3.16. The average molecular weight is 352 g/mol. The average Bonchev–Trinajstić information content (AvgIpc) is 3.03. The first-order chi connectivity index (χ1) is 12.2. The predicted molar refractivity (Wildman–Crippen MR) is 99.0 cm³/mol. The molecule has 4 rings (SSSR count). The van der Waals surface area contributed by atoms with Crippen LogP contribution in [0.2, 0.25) is 0 Å². The van der Waals surface area contributed by atoms with Crippen molar-refractivity contribution in [1.29, 1.82) is 0 Å². The number of para-hydroxylation sites is 1. The van der Waals surface area contributed by atoms with E-state index in [2.05, 4.69) is 25.6 Å². The van der Waals surface area contributed by atoms with Crippen molar-refractivity contribution >= 4 is 49.7 Å². The van der Waals surface area contributed by atoms with Gasteiger partial charge in [0.25, 0.3) is 0 Å². The van der Waals surface area contributed by atoms with Crippen LogP contribution < -0.4 is 16.4 Å². The number of benzene rings is 2. The molecule has 0 fully saturated rings. The van der Waals surface area contributed by atoms with Crippen LogP contribution in [0.15, 0.2) is 54.9 Å². The van der Waals surface area contributed by atoms with Gasteiger partial charge in [-0.3, -0.25) is 0 Å². The quantitative estimate of drug-likeness (QED) is 0.508. The van der Waals surface area contributed by atoms with Crippen molar-refractivity contribution in [2.75, 3.05) is 16.4 Å². The van der Waals surface area contributed by atoms with Crippen LogP contribution in [0.1, 0.15) is 0 Å². The number of fused-ring (bicyclic) bond motifs is 1. The van der Waals surface area contributed by atoms with Crippen LogP contribution in [0.4, 0.5) is 32.5 Å². The molecule has 25 heavy (non-hydrogen) atoms. The molecule has 124 valence electrons. The van der Waals surface area contributed by atoms with E-state index < -0.39 is 0 Å². The SMILES string of the molecule is Nc1c(Nc2ccc(F)cc2)ncnc1Nc1nc2ccccc2s1. The summed E-state index contributed by atoms with van der Waals surface area (Å²) in [6.07, 6.45) is 1.40. The molecule has 4 N–H and O–H groups in total. The Labute approximate surface area is 146 Å². The Morgan fingerprint density at radius 2 is 1.64 bits per heavy atom. The van der Waals surface area contributed by atoms with Crippen molar-refractivity contribution in [3.8, 4) is 0 Å². The van der Waals surface area contributed by atoms with E-state index in [4.69, 9.17) is 5.73 Å². The Kier molecular flexibility index (Phi) is 3.87. The molecule has 2 aromatic carbocycles. The predicted octanol–water partition coefficient (Wildman–Crippen LogP) is 4.29. The molecule has 2 heterocycles. The number of halogens is 1. The first-order valence-corrected chi connectivity index (χ1v) is 8.26. The zero-order valence-electron chi connectivity index (χ0n) is 12.9. The number of nitrogens with zero attached hydrogens (tertiary/aromatic N) is 3. The Bertz CT molecular complexity index is 998. The summed E-state index contributed by atoms with van der Waals surface area (Å²) in [4.78, 5) is 12.8. The fourth-order valence-electron chi connectivity index (χ4n) is 2.29. The van der Waals surface area contributed by atoms with Gasteiger partial charge in [-0.15, -0.1) is 0 Å². The van der Waals surface area contributed by atoms with Gasteiger partial charge in [-0.25, -0.2) is 19.3 Å². The van der Waals surface area contributed by atoms with Crippen LogP contribution in [0.3, 0.4) is 0 Å². The largest absolute Gasteiger partial charge is 0.393 e. The summed E-state index contributed by atoms with van der Waals surface area (Å²) >= 11 is 1.51. The number of hydrogen-bond donors (Lipinski definition) is 3. The molecule has 0 unspecified atom stereocenters. The van der Waals surface area contributed by atoms with Crippen LogP contribution in [0.5, 0.6) is 0 Å². The fraction of sp³-hybridized carbons (Fsp3) is 0. The van der Waals surface area contributed by atoms with Crippen molar-refractivity contribution in [3.05, 3.63) is 60.7 Å². The lowest BCUT2D eigenvalue weighted by molar-refractivity contribution is 0.628. The number of rotatable bonds is 4. The van der Waals surface area contributed by atoms with E-state index >= 15 is 0 Å². The summed E-state index contributed by atoms with van der Waals surface area (Å²) in [5.41, 5.74) is 8.10. The number of nitrogens with one attached hydrogen (secondary N) is 2. The Morgan fingerprint density at radius 3 is 2.40 bits per heavy atom. The molecule has 0 saturated heterocycles. The summed E-state index contributed by atoms with van der Waals surface area (Å²) < 4.78 is 14.1. The smallest absolute Gasteiger partial charge is 0.189 e. The highest BCUT2D eigenvalue weighted by atomic mass is 32.1. The van der Waals surface area contributed by atoms with E-state index in [0.717, 1.165) is 10.2 Å². The second-order valence-corrected chi connectivity index (χ2v) is 6.26. The lowest BCUT2D eigenvalue weighted by Gasteiger charge is -2.11. The summed E-state index contributed by atoms with van der Waals surface area (Å²) in [5.74, 6) is 0.586. The highest BCUT2D eigenvalue weighted by Gasteiger charge is 2.11. The third kappa shape index (κ3) is 3.20. The second-order valence-electron chi connectivity index (χ2n) is 5.23. The summed E-state index contributed by atoms with van der Waals surface area (Å²) in [5, 5.41) is 6.87. The number of thiazole rings is 1. The first kappa shape index (κ1) is 15.3. The zero-order valence-corrected chi connectivity index (χ0v) is 13.7. The molecular formula is C17H13FN6S. The minimum absolute atomic E-state index is 0.306. The molecule has 0 aliphatic heterocycles. The van der Waals surface area contributed by atoms with Gasteiger partial charge in [-0.1, -0.05) is 23.5 Å². The molecule has 8 heteroatoms. The number of anilines is 5. The highest BCUT2D eigenvalue weighted by Crippen LogP contribution is 2.31. The van der Waals surface area contributed by atoms with E-state index in [1.165, 1.54) is 29.8 Å². The third-order valence-electron chi connectivity index (χ3n) is 3.51. The maximum atomic E-state index is 13.0. The van der Waals surface area contributed by atoms with E-state index in [0.29, 0.717) is 28.1 Å². The van der Waals surface area contributed by atoms with Gasteiger partial charge >= 0.3 is 0 Å². The van der Waals surface area contributed by atoms with Crippen molar-refractivity contribution in [2.24, 2.45) is 0 Å². The molecule has 0 atom stereocenters. The molecule has 0 saturated carbocycles. The van der Waals surface area contributed by atoms with Crippen molar-refractivity contribution < 1.29 is 4.39 Å². The maximum absolute atomic E-state index is 13.0. The van der Waals surface area contributed by atoms with Gasteiger partial charge in [0.15, 0.2) is 16.8 Å². The molecule has 0 aliphatic rings. The number of nitrogen functional groups attached to an aromatic ring is 1. The lowest BCUT2D eigenvalue weighted by atomic mass is 10.3. The minimum Gasteiger partial charge on any atom is -0.393 e. The van der Waals surface area contributed by atoms with E-state index in [9.17, 15) is 4.39 Å². The van der Waals surface area contributed by atoms with Crippen LogP contribution in [-0.2, 0) is 0 Å². The minimum atomic E-state index is -0.306. The van der Waals surface area contributed by atoms with Gasteiger partial charge in [-0.05, 0) is 36.4 Å². The Balaban J connectivity index is 1.61. The molecule has 0 aliphatic carbocycles. The normalized spacial score (nSPS) is 10.8. The third-order valence-corrected chi connectivity index (χ3v) is 4.46. The standard InChI is InChI=1S/C17H13FN6S/c18-10-5-7-11(8-6-10)22-15-14(19)16(21-9-20-15)24-17-23-12-3-1-2-4-13(12)25-17/h1-9H,19H2,(H2,20,21,22,23,24). The van der Waals surface area contributed by atoms with Crippen LogP contribution >= 0.6 is 11.3 Å². The molecule has 6 nitrogen and oxygen atoms in total. The molecule has 2 aromatic heterocycles. The van der Waals surface area contributed by atoms with Gasteiger partial charge in [0.1, 0.15) is 17.8 Å². The highest BCUT2D eigenvalue weighted by molar-refractivity contribution is 7.22. The number of nitrogens with two attached hydrogens (primary N) is 1. The summed E-state index contributed by atoms with van der Waals surface area (Å²) in [6.45, 7) is 0. The van der Waals surface area contributed by atoms with E-state index in [1.54, 1.807) is 12.1 Å². The van der Waals surface area contributed by atoms with Crippen LogP contribution in [-0.4, -0.2) is 15.0 Å². The van der Waals surface area contributed by atoms with Gasteiger partial charge in [0.2, 0.25) is 0 Å². The topological polar surface area (TPSA) is 88.8 Å². The maximum Gasteiger partial charge on any atom is 0.189 e. The van der Waals surface area contributed by atoms with Crippen LogP contribution in [0.25, 0.3) is 10.2 Å². The molecule has 0 bridgehead atoms. The Morgan fingerprint density at radius 1 is 0.920 bits per heavy atom. The van der Waals surface area contributed by atoms with Gasteiger partial charge in [0.05, 0.1) is 10.2 Å². The zero-order chi connectivity index (χ0) is 17.2. The second kappa shape index (κ2) is 6.33. The summed E-state index contributed by atoms with van der Waals surface area (Å²) in [7, 11) is 0. The molecule has 4 aromatic rings. The lowest BCUT2D eigenvalue weighted by Crippen LogP contribution is -2.05. The Hall–Kier alpha value is -3.26. The van der Waals surface area contributed by atoms with E-state index in [-0.39, 0.29) is 5.82 Å². The molecule has 0 amide bonds. The molecule has 0 spiro atoms. The van der Waals surface area contributed by atoms with Crippen molar-refractivity contribution in [3.63, 3.8) is 0 Å². The van der Waals surface area contributed by atoms with Crippen molar-refractivity contribution in [1.82, 2.24) is 15.0 Å². The first-order valence-electron chi connectivity index (χ1n) is 7.45.